The fraction of sp³-hybridized carbons (Fsp3) is 0.400. The smallest absolute Gasteiger partial charge is 0.241 e. The van der Waals surface area contributed by atoms with Gasteiger partial charge in [-0.15, -0.1) is 0 Å². The van der Waals surface area contributed by atoms with E-state index >= 15 is 0 Å². The average Bonchev–Trinajstić information content (AvgIpc) is 3.49. The lowest BCUT2D eigenvalue weighted by Gasteiger charge is -2.23. The first-order chi connectivity index (χ1) is 18.6. The molecule has 1 aliphatic rings. The fourth-order valence-corrected chi connectivity index (χ4v) is 5.43. The monoisotopic (exact) mass is 517 g/mol. The second-order valence-electron chi connectivity index (χ2n) is 9.72. The second-order valence-corrected chi connectivity index (χ2v) is 9.72. The molecule has 2 aromatic heterocycles. The lowest BCUT2D eigenvalue weighted by atomic mass is 9.95. The molecule has 0 bridgehead atoms. The molecule has 4 aromatic rings. The van der Waals surface area contributed by atoms with Crippen molar-refractivity contribution in [2.75, 3.05) is 14.2 Å². The Bertz CT molecular complexity index is 1330. The van der Waals surface area contributed by atoms with Gasteiger partial charge in [0.2, 0.25) is 5.88 Å². The largest absolute Gasteiger partial charge is 0.497 e. The molecule has 4 atom stereocenters. The van der Waals surface area contributed by atoms with E-state index in [9.17, 15) is 5.11 Å². The van der Waals surface area contributed by atoms with E-state index in [0.717, 1.165) is 46.3 Å². The standard InChI is InChI=1S/C30H35N3O5/c1-4-22-14-24(29(28(22)34)38-17-21-10-12-23(35-2)13-11-21)25-15-33(19-37-16-20-8-6-5-7-9-20)27-26(25)31-18-32-30(27)36-3/h5-13,15,18,22,24,28-29,34H,4,14,16-17,19H2,1-3H3/t22-,24-,28+,29-/m0/s1. The number of hydrogen-bond acceptors (Lipinski definition) is 7. The van der Waals surface area contributed by atoms with E-state index in [-0.39, 0.29) is 17.9 Å². The minimum atomic E-state index is -0.570. The van der Waals surface area contributed by atoms with Gasteiger partial charge in [0.25, 0.3) is 0 Å². The van der Waals surface area contributed by atoms with Crippen LogP contribution >= 0.6 is 0 Å². The van der Waals surface area contributed by atoms with Gasteiger partial charge in [0.05, 0.1) is 45.2 Å². The second kappa shape index (κ2) is 11.9. The maximum Gasteiger partial charge on any atom is 0.241 e. The van der Waals surface area contributed by atoms with E-state index in [1.165, 1.54) is 6.33 Å². The molecular formula is C30H35N3O5. The van der Waals surface area contributed by atoms with Crippen LogP contribution in [-0.2, 0) is 29.4 Å². The first-order valence-electron chi connectivity index (χ1n) is 13.0. The summed E-state index contributed by atoms with van der Waals surface area (Å²) >= 11 is 0. The molecule has 1 fully saturated rings. The topological polar surface area (TPSA) is 87.9 Å². The van der Waals surface area contributed by atoms with Crippen LogP contribution in [0.25, 0.3) is 11.0 Å². The Kier molecular flexibility index (Phi) is 8.22. The van der Waals surface area contributed by atoms with E-state index < -0.39 is 6.10 Å². The zero-order valence-electron chi connectivity index (χ0n) is 22.1. The molecule has 1 N–H and O–H groups in total. The van der Waals surface area contributed by atoms with Gasteiger partial charge in [-0.2, -0.15) is 4.98 Å². The summed E-state index contributed by atoms with van der Waals surface area (Å²) in [6.07, 6.45) is 4.33. The number of methoxy groups -OCH3 is 2. The third kappa shape index (κ3) is 5.38. The highest BCUT2D eigenvalue weighted by Gasteiger charge is 2.44. The van der Waals surface area contributed by atoms with E-state index in [2.05, 4.69) is 23.1 Å². The third-order valence-electron chi connectivity index (χ3n) is 7.48. The Morgan fingerprint density at radius 1 is 0.947 bits per heavy atom. The highest BCUT2D eigenvalue weighted by molar-refractivity contribution is 5.84. The summed E-state index contributed by atoms with van der Waals surface area (Å²) in [6, 6.07) is 17.9. The van der Waals surface area contributed by atoms with Crippen molar-refractivity contribution >= 4 is 11.0 Å². The number of aliphatic hydroxyl groups excluding tert-OH is 1. The molecule has 0 spiro atoms. The van der Waals surface area contributed by atoms with Gasteiger partial charge in [-0.1, -0.05) is 55.8 Å². The number of rotatable bonds is 11. The minimum absolute atomic E-state index is 0.0364. The van der Waals surface area contributed by atoms with Gasteiger partial charge in [0.15, 0.2) is 0 Å². The Hall–Kier alpha value is -3.46. The molecule has 8 heteroatoms. The first kappa shape index (κ1) is 26.2. The highest BCUT2D eigenvalue weighted by atomic mass is 16.5. The zero-order chi connectivity index (χ0) is 26.5. The van der Waals surface area contributed by atoms with Crippen LogP contribution < -0.4 is 9.47 Å². The van der Waals surface area contributed by atoms with Gasteiger partial charge in [-0.05, 0) is 35.6 Å². The SMILES string of the molecule is CC[C@H]1C[C@@H](c2cn(COCc3ccccc3)c3c(OC)ncnc23)[C@H](OCc2ccc(OC)cc2)[C@@H]1O. The molecule has 1 aliphatic carbocycles. The number of hydrogen-bond donors (Lipinski definition) is 1. The summed E-state index contributed by atoms with van der Waals surface area (Å²) in [4.78, 5) is 9.00. The molecule has 0 unspecified atom stereocenters. The summed E-state index contributed by atoms with van der Waals surface area (Å²) in [7, 11) is 3.26. The van der Waals surface area contributed by atoms with Crippen molar-refractivity contribution in [3.05, 3.63) is 83.8 Å². The first-order valence-corrected chi connectivity index (χ1v) is 13.0. The van der Waals surface area contributed by atoms with Crippen LogP contribution in [0.15, 0.2) is 67.1 Å². The molecule has 1 saturated carbocycles. The summed E-state index contributed by atoms with van der Waals surface area (Å²) in [5.74, 6) is 1.39. The van der Waals surface area contributed by atoms with Crippen LogP contribution in [0.4, 0.5) is 0 Å². The van der Waals surface area contributed by atoms with Crippen molar-refractivity contribution in [3.8, 4) is 11.6 Å². The van der Waals surface area contributed by atoms with Crippen molar-refractivity contribution in [1.82, 2.24) is 14.5 Å². The number of benzene rings is 2. The molecule has 2 heterocycles. The maximum atomic E-state index is 11.3. The van der Waals surface area contributed by atoms with Gasteiger partial charge in [0, 0.05) is 17.7 Å². The number of nitrogens with zero attached hydrogens (tertiary/aromatic N) is 3. The third-order valence-corrected chi connectivity index (χ3v) is 7.48. The van der Waals surface area contributed by atoms with Crippen LogP contribution in [0, 0.1) is 5.92 Å². The van der Waals surface area contributed by atoms with Crippen molar-refractivity contribution in [2.45, 2.75) is 57.8 Å². The van der Waals surface area contributed by atoms with E-state index in [0.29, 0.717) is 25.8 Å². The van der Waals surface area contributed by atoms with Crippen LogP contribution in [-0.4, -0.2) is 46.1 Å². The van der Waals surface area contributed by atoms with Crippen LogP contribution in [0.2, 0.25) is 0 Å². The fourth-order valence-electron chi connectivity index (χ4n) is 5.43. The van der Waals surface area contributed by atoms with Crippen molar-refractivity contribution in [3.63, 3.8) is 0 Å². The number of fused-ring (bicyclic) bond motifs is 1. The van der Waals surface area contributed by atoms with Gasteiger partial charge in [0.1, 0.15) is 24.3 Å². The zero-order valence-corrected chi connectivity index (χ0v) is 22.1. The van der Waals surface area contributed by atoms with Gasteiger partial charge >= 0.3 is 0 Å². The Morgan fingerprint density at radius 3 is 2.42 bits per heavy atom. The number of ether oxygens (including phenoxy) is 4. The van der Waals surface area contributed by atoms with Crippen molar-refractivity contribution in [1.29, 1.82) is 0 Å². The lowest BCUT2D eigenvalue weighted by Crippen LogP contribution is -2.30. The predicted octanol–water partition coefficient (Wildman–Crippen LogP) is 5.08. The average molecular weight is 518 g/mol. The van der Waals surface area contributed by atoms with E-state index in [4.69, 9.17) is 18.9 Å². The quantitative estimate of drug-likeness (QED) is 0.297. The van der Waals surface area contributed by atoms with E-state index in [1.807, 2.05) is 59.2 Å². The summed E-state index contributed by atoms with van der Waals surface area (Å²) < 4.78 is 25.4. The van der Waals surface area contributed by atoms with Crippen molar-refractivity contribution < 1.29 is 24.1 Å². The van der Waals surface area contributed by atoms with Crippen molar-refractivity contribution in [2.24, 2.45) is 5.92 Å². The number of aromatic nitrogens is 3. The molecule has 2 aromatic carbocycles. The van der Waals surface area contributed by atoms with Crippen LogP contribution in [0.5, 0.6) is 11.6 Å². The molecule has 0 radical (unpaired) electrons. The molecular weight excluding hydrogens is 482 g/mol. The minimum Gasteiger partial charge on any atom is -0.497 e. The Labute approximate surface area is 223 Å². The normalized spacial score (nSPS) is 21.2. The highest BCUT2D eigenvalue weighted by Crippen LogP contribution is 2.45. The van der Waals surface area contributed by atoms with Crippen LogP contribution in [0.3, 0.4) is 0 Å². The van der Waals surface area contributed by atoms with Crippen LogP contribution in [0.1, 0.15) is 42.4 Å². The lowest BCUT2D eigenvalue weighted by molar-refractivity contribution is -0.0471. The number of aliphatic hydroxyl groups is 1. The molecule has 5 rings (SSSR count). The molecule has 0 amide bonds. The molecule has 0 aliphatic heterocycles. The summed E-state index contributed by atoms with van der Waals surface area (Å²) in [5.41, 5.74) is 4.72. The Morgan fingerprint density at radius 2 is 1.71 bits per heavy atom. The Balaban J connectivity index is 1.43. The van der Waals surface area contributed by atoms with Gasteiger partial charge < -0.3 is 28.6 Å². The maximum absolute atomic E-state index is 11.3. The van der Waals surface area contributed by atoms with Gasteiger partial charge in [-0.3, -0.25) is 0 Å². The molecule has 0 saturated heterocycles. The molecule has 8 nitrogen and oxygen atoms in total. The molecule has 38 heavy (non-hydrogen) atoms. The van der Waals surface area contributed by atoms with Gasteiger partial charge in [-0.25, -0.2) is 4.98 Å². The summed E-state index contributed by atoms with van der Waals surface area (Å²) in [6.45, 7) is 3.32. The van der Waals surface area contributed by atoms with E-state index in [1.54, 1.807) is 14.2 Å². The summed E-state index contributed by atoms with van der Waals surface area (Å²) in [5, 5.41) is 11.3. The predicted molar refractivity (Wildman–Crippen MR) is 144 cm³/mol. The molecule has 200 valence electrons.